The molecule has 0 aliphatic rings. The molecular formula is C15H10ClN3. The smallest absolute Gasteiger partial charge is 0.101 e. The van der Waals surface area contributed by atoms with Crippen molar-refractivity contribution in [1.82, 2.24) is 0 Å². The van der Waals surface area contributed by atoms with Gasteiger partial charge in [0.05, 0.1) is 21.8 Å². The minimum atomic E-state index is 0.387. The first-order chi connectivity index (χ1) is 9.13. The van der Waals surface area contributed by atoms with E-state index in [1.807, 2.05) is 31.2 Å². The van der Waals surface area contributed by atoms with Crippen molar-refractivity contribution in [3.63, 3.8) is 0 Å². The average Bonchev–Trinajstić information content (AvgIpc) is 2.41. The summed E-state index contributed by atoms with van der Waals surface area (Å²) >= 11 is 5.97. The van der Waals surface area contributed by atoms with E-state index in [0.29, 0.717) is 21.8 Å². The van der Waals surface area contributed by atoms with E-state index in [0.717, 1.165) is 11.3 Å². The molecule has 0 atom stereocenters. The second-order valence-electron chi connectivity index (χ2n) is 4.09. The van der Waals surface area contributed by atoms with Crippen LogP contribution in [0.25, 0.3) is 0 Å². The van der Waals surface area contributed by atoms with Gasteiger partial charge in [-0.3, -0.25) is 0 Å². The molecule has 0 aliphatic heterocycles. The van der Waals surface area contributed by atoms with Crippen molar-refractivity contribution >= 4 is 23.0 Å². The lowest BCUT2D eigenvalue weighted by atomic mass is 10.1. The minimum absolute atomic E-state index is 0.387. The van der Waals surface area contributed by atoms with Gasteiger partial charge in [-0.25, -0.2) is 0 Å². The van der Waals surface area contributed by atoms with Gasteiger partial charge in [0, 0.05) is 5.69 Å². The Morgan fingerprint density at radius 2 is 1.74 bits per heavy atom. The number of benzene rings is 2. The van der Waals surface area contributed by atoms with Gasteiger partial charge in [0.15, 0.2) is 0 Å². The summed E-state index contributed by atoms with van der Waals surface area (Å²) in [6.07, 6.45) is 0. The van der Waals surface area contributed by atoms with E-state index in [4.69, 9.17) is 22.1 Å². The Kier molecular flexibility index (Phi) is 3.71. The molecule has 0 heterocycles. The molecule has 0 saturated carbocycles. The van der Waals surface area contributed by atoms with E-state index in [9.17, 15) is 0 Å². The Morgan fingerprint density at radius 1 is 1.00 bits per heavy atom. The summed E-state index contributed by atoms with van der Waals surface area (Å²) in [6, 6.07) is 14.8. The summed E-state index contributed by atoms with van der Waals surface area (Å²) in [5.74, 6) is 0. The van der Waals surface area contributed by atoms with Gasteiger partial charge in [-0.05, 0) is 42.8 Å². The van der Waals surface area contributed by atoms with Crippen LogP contribution in [0.2, 0.25) is 5.02 Å². The minimum Gasteiger partial charge on any atom is -0.354 e. The number of anilines is 2. The van der Waals surface area contributed by atoms with E-state index >= 15 is 0 Å². The molecule has 0 fully saturated rings. The molecule has 0 unspecified atom stereocenters. The fraction of sp³-hybridized carbons (Fsp3) is 0.0667. The summed E-state index contributed by atoms with van der Waals surface area (Å²) in [6.45, 7) is 1.93. The molecule has 1 N–H and O–H groups in total. The molecule has 0 bridgehead atoms. The number of nitriles is 2. The Morgan fingerprint density at radius 3 is 2.37 bits per heavy atom. The van der Waals surface area contributed by atoms with Crippen molar-refractivity contribution in [3.8, 4) is 12.1 Å². The SMILES string of the molecule is Cc1ccc(Nc2ccc(C#N)c(Cl)c2)c(C#N)c1. The van der Waals surface area contributed by atoms with Crippen LogP contribution < -0.4 is 5.32 Å². The first kappa shape index (κ1) is 13.0. The second-order valence-corrected chi connectivity index (χ2v) is 4.50. The van der Waals surface area contributed by atoms with Gasteiger partial charge in [0.25, 0.3) is 0 Å². The number of nitrogens with zero attached hydrogens (tertiary/aromatic N) is 2. The lowest BCUT2D eigenvalue weighted by Crippen LogP contribution is -1.94. The predicted octanol–water partition coefficient (Wildman–Crippen LogP) is 4.14. The van der Waals surface area contributed by atoms with Crippen molar-refractivity contribution in [2.45, 2.75) is 6.92 Å². The zero-order chi connectivity index (χ0) is 13.8. The van der Waals surface area contributed by atoms with Crippen LogP contribution in [0.15, 0.2) is 36.4 Å². The summed E-state index contributed by atoms with van der Waals surface area (Å²) in [5.41, 5.74) is 3.48. The van der Waals surface area contributed by atoms with Crippen LogP contribution >= 0.6 is 11.6 Å². The van der Waals surface area contributed by atoms with Gasteiger partial charge >= 0.3 is 0 Å². The van der Waals surface area contributed by atoms with Gasteiger partial charge < -0.3 is 5.32 Å². The number of nitrogens with one attached hydrogen (secondary N) is 1. The number of halogens is 1. The quantitative estimate of drug-likeness (QED) is 0.890. The van der Waals surface area contributed by atoms with Gasteiger partial charge in [0.2, 0.25) is 0 Å². The van der Waals surface area contributed by atoms with Crippen LogP contribution in [0.4, 0.5) is 11.4 Å². The van der Waals surface area contributed by atoms with Crippen LogP contribution in [0.3, 0.4) is 0 Å². The van der Waals surface area contributed by atoms with Gasteiger partial charge in [-0.1, -0.05) is 17.7 Å². The Bertz CT molecular complexity index is 708. The molecule has 0 saturated heterocycles. The van der Waals surface area contributed by atoms with E-state index in [-0.39, 0.29) is 0 Å². The third-order valence-electron chi connectivity index (χ3n) is 2.66. The molecule has 19 heavy (non-hydrogen) atoms. The summed E-state index contributed by atoms with van der Waals surface area (Å²) in [7, 11) is 0. The zero-order valence-electron chi connectivity index (χ0n) is 10.2. The lowest BCUT2D eigenvalue weighted by Gasteiger charge is -2.09. The molecule has 92 valence electrons. The number of hydrogen-bond acceptors (Lipinski definition) is 3. The Labute approximate surface area is 116 Å². The molecule has 0 radical (unpaired) electrons. The van der Waals surface area contributed by atoms with Crippen LogP contribution in [0.5, 0.6) is 0 Å². The highest BCUT2D eigenvalue weighted by Crippen LogP contribution is 2.25. The summed E-state index contributed by atoms with van der Waals surface area (Å²) in [5, 5.41) is 21.4. The maximum Gasteiger partial charge on any atom is 0.101 e. The molecule has 2 rings (SSSR count). The van der Waals surface area contributed by atoms with Crippen LogP contribution in [0, 0.1) is 29.6 Å². The molecular weight excluding hydrogens is 258 g/mol. The highest BCUT2D eigenvalue weighted by atomic mass is 35.5. The number of rotatable bonds is 2. The monoisotopic (exact) mass is 267 g/mol. The van der Waals surface area contributed by atoms with Crippen molar-refractivity contribution in [2.24, 2.45) is 0 Å². The zero-order valence-corrected chi connectivity index (χ0v) is 11.0. The standard InChI is InChI=1S/C15H10ClN3/c1-10-2-5-15(12(6-10)9-18)19-13-4-3-11(8-17)14(16)7-13/h2-7,19H,1H3. The molecule has 4 heteroatoms. The Balaban J connectivity index is 2.35. The van der Waals surface area contributed by atoms with Crippen LogP contribution in [-0.4, -0.2) is 0 Å². The van der Waals surface area contributed by atoms with Gasteiger partial charge in [-0.15, -0.1) is 0 Å². The van der Waals surface area contributed by atoms with Crippen LogP contribution in [0.1, 0.15) is 16.7 Å². The summed E-state index contributed by atoms with van der Waals surface area (Å²) in [4.78, 5) is 0. The van der Waals surface area contributed by atoms with Crippen molar-refractivity contribution in [1.29, 1.82) is 10.5 Å². The van der Waals surface area contributed by atoms with E-state index in [1.54, 1.807) is 18.2 Å². The molecule has 0 aromatic heterocycles. The average molecular weight is 268 g/mol. The lowest BCUT2D eigenvalue weighted by molar-refractivity contribution is 1.40. The molecule has 0 aliphatic carbocycles. The van der Waals surface area contributed by atoms with Gasteiger partial charge in [0.1, 0.15) is 12.1 Å². The third kappa shape index (κ3) is 2.85. The van der Waals surface area contributed by atoms with Crippen molar-refractivity contribution < 1.29 is 0 Å². The first-order valence-corrected chi connectivity index (χ1v) is 5.99. The number of hydrogen-bond donors (Lipinski definition) is 1. The molecule has 0 amide bonds. The maximum atomic E-state index is 9.10. The largest absolute Gasteiger partial charge is 0.354 e. The molecule has 2 aromatic carbocycles. The van der Waals surface area contributed by atoms with Crippen LogP contribution in [-0.2, 0) is 0 Å². The predicted molar refractivity (Wildman–Crippen MR) is 75.3 cm³/mol. The summed E-state index contributed by atoms with van der Waals surface area (Å²) < 4.78 is 0. The first-order valence-electron chi connectivity index (χ1n) is 5.61. The van der Waals surface area contributed by atoms with Crippen molar-refractivity contribution in [3.05, 3.63) is 58.1 Å². The maximum absolute atomic E-state index is 9.10. The highest BCUT2D eigenvalue weighted by Gasteiger charge is 2.05. The molecule has 0 spiro atoms. The third-order valence-corrected chi connectivity index (χ3v) is 2.98. The Hall–Kier alpha value is -2.49. The second kappa shape index (κ2) is 5.44. The van der Waals surface area contributed by atoms with Gasteiger partial charge in [-0.2, -0.15) is 10.5 Å². The normalized spacial score (nSPS) is 9.47. The fourth-order valence-corrected chi connectivity index (χ4v) is 1.92. The topological polar surface area (TPSA) is 59.6 Å². The van der Waals surface area contributed by atoms with Crippen molar-refractivity contribution in [2.75, 3.05) is 5.32 Å². The molecule has 3 nitrogen and oxygen atoms in total. The number of aryl methyl sites for hydroxylation is 1. The van der Waals surface area contributed by atoms with E-state index in [2.05, 4.69) is 11.4 Å². The molecule has 2 aromatic rings. The van der Waals surface area contributed by atoms with E-state index < -0.39 is 0 Å². The highest BCUT2D eigenvalue weighted by molar-refractivity contribution is 6.32. The fourth-order valence-electron chi connectivity index (χ4n) is 1.70. The van der Waals surface area contributed by atoms with E-state index in [1.165, 1.54) is 0 Å².